The highest BCUT2D eigenvalue weighted by Gasteiger charge is 2.16. The standard InChI is InChI=1S/C16H17NO2/c1-11(2)10-17(3)16(19)14-8-12-6-4-5-7-13(12)9-15(14)18/h4-9,18H,1,10H2,2-3H3. The Bertz CT molecular complexity index is 646. The summed E-state index contributed by atoms with van der Waals surface area (Å²) in [5, 5.41) is 11.8. The first-order valence-corrected chi connectivity index (χ1v) is 6.10. The fraction of sp³-hybridized carbons (Fsp3) is 0.188. The number of hydrogen-bond acceptors (Lipinski definition) is 2. The maximum atomic E-state index is 12.3. The first-order chi connectivity index (χ1) is 8.99. The molecule has 0 aliphatic rings. The van der Waals surface area contributed by atoms with E-state index in [0.29, 0.717) is 12.1 Å². The molecule has 0 aliphatic carbocycles. The van der Waals surface area contributed by atoms with Gasteiger partial charge in [0.1, 0.15) is 5.75 Å². The highest BCUT2D eigenvalue weighted by Crippen LogP contribution is 2.25. The normalized spacial score (nSPS) is 10.4. The monoisotopic (exact) mass is 255 g/mol. The lowest BCUT2D eigenvalue weighted by molar-refractivity contribution is 0.0804. The van der Waals surface area contributed by atoms with E-state index in [1.807, 2.05) is 31.2 Å². The third-order valence-corrected chi connectivity index (χ3v) is 2.95. The Morgan fingerprint density at radius 3 is 2.42 bits per heavy atom. The Kier molecular flexibility index (Phi) is 3.56. The van der Waals surface area contributed by atoms with E-state index in [0.717, 1.165) is 16.3 Å². The van der Waals surface area contributed by atoms with Crippen molar-refractivity contribution in [2.24, 2.45) is 0 Å². The molecule has 0 saturated carbocycles. The molecule has 0 saturated heterocycles. The van der Waals surface area contributed by atoms with E-state index in [2.05, 4.69) is 6.58 Å². The van der Waals surface area contributed by atoms with Gasteiger partial charge in [-0.25, -0.2) is 0 Å². The minimum absolute atomic E-state index is 0.0114. The molecule has 1 N–H and O–H groups in total. The van der Waals surface area contributed by atoms with Crippen LogP contribution in [0.2, 0.25) is 0 Å². The van der Waals surface area contributed by atoms with E-state index in [1.165, 1.54) is 0 Å². The lowest BCUT2D eigenvalue weighted by Gasteiger charge is -2.18. The van der Waals surface area contributed by atoms with E-state index in [9.17, 15) is 9.90 Å². The van der Waals surface area contributed by atoms with Gasteiger partial charge in [-0.05, 0) is 29.8 Å². The predicted octanol–water partition coefficient (Wildman–Crippen LogP) is 3.19. The van der Waals surface area contributed by atoms with Crippen molar-refractivity contribution in [3.63, 3.8) is 0 Å². The maximum absolute atomic E-state index is 12.3. The Morgan fingerprint density at radius 2 is 1.84 bits per heavy atom. The molecule has 0 atom stereocenters. The first kappa shape index (κ1) is 13.1. The van der Waals surface area contributed by atoms with Gasteiger partial charge >= 0.3 is 0 Å². The van der Waals surface area contributed by atoms with Crippen LogP contribution in [0.5, 0.6) is 5.75 Å². The molecule has 0 aromatic heterocycles. The fourth-order valence-electron chi connectivity index (χ4n) is 2.08. The second-order valence-electron chi connectivity index (χ2n) is 4.83. The minimum atomic E-state index is -0.203. The summed E-state index contributed by atoms with van der Waals surface area (Å²) in [6.07, 6.45) is 0. The van der Waals surface area contributed by atoms with Crippen LogP contribution in [0.1, 0.15) is 17.3 Å². The number of fused-ring (bicyclic) bond motifs is 1. The number of amides is 1. The number of phenolic OH excluding ortho intramolecular Hbond substituents is 1. The minimum Gasteiger partial charge on any atom is -0.507 e. The molecular formula is C16H17NO2. The average molecular weight is 255 g/mol. The van der Waals surface area contributed by atoms with Crippen molar-refractivity contribution in [3.05, 3.63) is 54.1 Å². The van der Waals surface area contributed by atoms with Crippen molar-refractivity contribution in [1.82, 2.24) is 4.90 Å². The van der Waals surface area contributed by atoms with Crippen LogP contribution in [0.4, 0.5) is 0 Å². The van der Waals surface area contributed by atoms with Gasteiger partial charge in [0.05, 0.1) is 5.56 Å². The van der Waals surface area contributed by atoms with Crippen molar-refractivity contribution in [3.8, 4) is 5.75 Å². The molecular weight excluding hydrogens is 238 g/mol. The van der Waals surface area contributed by atoms with Gasteiger partial charge in [0, 0.05) is 13.6 Å². The van der Waals surface area contributed by atoms with E-state index in [4.69, 9.17) is 0 Å². The topological polar surface area (TPSA) is 40.5 Å². The lowest BCUT2D eigenvalue weighted by Crippen LogP contribution is -2.28. The highest BCUT2D eigenvalue weighted by molar-refractivity contribution is 6.01. The van der Waals surface area contributed by atoms with Gasteiger partial charge in [-0.1, -0.05) is 36.4 Å². The van der Waals surface area contributed by atoms with Crippen molar-refractivity contribution >= 4 is 16.7 Å². The summed E-state index contributed by atoms with van der Waals surface area (Å²) in [5.41, 5.74) is 1.22. The summed E-state index contributed by atoms with van der Waals surface area (Å²) in [6.45, 7) is 6.13. The number of carbonyl (C=O) groups is 1. The van der Waals surface area contributed by atoms with Crippen LogP contribution in [-0.2, 0) is 0 Å². The summed E-state index contributed by atoms with van der Waals surface area (Å²) in [4.78, 5) is 13.8. The lowest BCUT2D eigenvalue weighted by atomic mass is 10.0. The fourth-order valence-corrected chi connectivity index (χ4v) is 2.08. The molecule has 2 rings (SSSR count). The molecule has 0 heterocycles. The molecule has 0 unspecified atom stereocenters. The predicted molar refractivity (Wildman–Crippen MR) is 77.4 cm³/mol. The van der Waals surface area contributed by atoms with Crippen LogP contribution in [0.15, 0.2) is 48.6 Å². The smallest absolute Gasteiger partial charge is 0.257 e. The molecule has 2 aromatic carbocycles. The zero-order chi connectivity index (χ0) is 14.0. The zero-order valence-corrected chi connectivity index (χ0v) is 11.2. The molecule has 1 amide bonds. The molecule has 0 radical (unpaired) electrons. The SMILES string of the molecule is C=C(C)CN(C)C(=O)c1cc2ccccc2cc1O. The summed E-state index contributed by atoms with van der Waals surface area (Å²) in [6, 6.07) is 11.0. The zero-order valence-electron chi connectivity index (χ0n) is 11.2. The first-order valence-electron chi connectivity index (χ1n) is 6.10. The van der Waals surface area contributed by atoms with Crippen molar-refractivity contribution in [1.29, 1.82) is 0 Å². The van der Waals surface area contributed by atoms with Gasteiger partial charge < -0.3 is 10.0 Å². The molecule has 0 spiro atoms. The van der Waals surface area contributed by atoms with Gasteiger partial charge in [0.2, 0.25) is 0 Å². The summed E-state index contributed by atoms with van der Waals surface area (Å²) in [7, 11) is 1.70. The molecule has 19 heavy (non-hydrogen) atoms. The third-order valence-electron chi connectivity index (χ3n) is 2.95. The van der Waals surface area contributed by atoms with Crippen molar-refractivity contribution in [2.45, 2.75) is 6.92 Å². The second kappa shape index (κ2) is 5.14. The van der Waals surface area contributed by atoms with Gasteiger partial charge in [-0.2, -0.15) is 0 Å². The molecule has 0 fully saturated rings. The number of aromatic hydroxyl groups is 1. The van der Waals surface area contributed by atoms with Crippen LogP contribution in [0, 0.1) is 0 Å². The van der Waals surface area contributed by atoms with E-state index < -0.39 is 0 Å². The number of rotatable bonds is 3. The largest absolute Gasteiger partial charge is 0.507 e. The Morgan fingerprint density at radius 1 is 1.26 bits per heavy atom. The number of phenols is 1. The molecule has 3 heteroatoms. The van der Waals surface area contributed by atoms with Crippen LogP contribution in [0.3, 0.4) is 0 Å². The van der Waals surface area contributed by atoms with Gasteiger partial charge in [0.15, 0.2) is 0 Å². The number of benzene rings is 2. The quantitative estimate of drug-likeness (QED) is 0.856. The highest BCUT2D eigenvalue weighted by atomic mass is 16.3. The number of nitrogens with zero attached hydrogens (tertiary/aromatic N) is 1. The van der Waals surface area contributed by atoms with E-state index >= 15 is 0 Å². The molecule has 0 aliphatic heterocycles. The van der Waals surface area contributed by atoms with Gasteiger partial charge in [-0.15, -0.1) is 0 Å². The Hall–Kier alpha value is -2.29. The second-order valence-corrected chi connectivity index (χ2v) is 4.83. The van der Waals surface area contributed by atoms with Crippen LogP contribution in [0.25, 0.3) is 10.8 Å². The van der Waals surface area contributed by atoms with E-state index in [1.54, 1.807) is 24.1 Å². The number of likely N-dealkylation sites (N-methyl/N-ethyl adjacent to an activating group) is 1. The maximum Gasteiger partial charge on any atom is 0.257 e. The van der Waals surface area contributed by atoms with Gasteiger partial charge in [0.25, 0.3) is 5.91 Å². The Labute approximate surface area is 112 Å². The molecule has 3 nitrogen and oxygen atoms in total. The van der Waals surface area contributed by atoms with Crippen LogP contribution in [-0.4, -0.2) is 29.5 Å². The summed E-state index contributed by atoms with van der Waals surface area (Å²) in [5.74, 6) is -0.191. The van der Waals surface area contributed by atoms with Crippen LogP contribution >= 0.6 is 0 Å². The van der Waals surface area contributed by atoms with Crippen LogP contribution < -0.4 is 0 Å². The number of carbonyl (C=O) groups excluding carboxylic acids is 1. The van der Waals surface area contributed by atoms with Crippen molar-refractivity contribution < 1.29 is 9.90 Å². The molecule has 98 valence electrons. The molecule has 2 aromatic rings. The van der Waals surface area contributed by atoms with E-state index in [-0.39, 0.29) is 11.7 Å². The van der Waals surface area contributed by atoms with Gasteiger partial charge in [-0.3, -0.25) is 4.79 Å². The average Bonchev–Trinajstić information content (AvgIpc) is 2.36. The Balaban J connectivity index is 2.41. The summed E-state index contributed by atoms with van der Waals surface area (Å²) < 4.78 is 0. The summed E-state index contributed by atoms with van der Waals surface area (Å²) >= 11 is 0. The number of hydrogen-bond donors (Lipinski definition) is 1. The third kappa shape index (κ3) is 2.76. The molecule has 0 bridgehead atoms. The van der Waals surface area contributed by atoms with Crippen molar-refractivity contribution in [2.75, 3.05) is 13.6 Å².